The van der Waals surface area contributed by atoms with Gasteiger partial charge in [0.15, 0.2) is 0 Å². The molecule has 0 atom stereocenters. The summed E-state index contributed by atoms with van der Waals surface area (Å²) < 4.78 is 15.0. The monoisotopic (exact) mass is 463 g/mol. The predicted octanol–water partition coefficient (Wildman–Crippen LogP) is 3.59. The SMILES string of the molecule is CCc1c(C(=O)N2CCN(CC(=O)Nc3cccc(C)c3C)CC2)cnn1-c1ccc(F)cc1. The lowest BCUT2D eigenvalue weighted by molar-refractivity contribution is -0.117. The maximum absolute atomic E-state index is 13.3. The lowest BCUT2D eigenvalue weighted by Gasteiger charge is -2.34. The third-order valence-corrected chi connectivity index (χ3v) is 6.41. The molecule has 0 bridgehead atoms. The zero-order valence-corrected chi connectivity index (χ0v) is 19.8. The molecular formula is C26H30FN5O2. The Bertz CT molecular complexity index is 1180. The minimum Gasteiger partial charge on any atom is -0.336 e. The minimum absolute atomic E-state index is 0.0534. The molecule has 4 rings (SSSR count). The summed E-state index contributed by atoms with van der Waals surface area (Å²) in [5, 5.41) is 7.39. The number of aryl methyl sites for hydroxylation is 1. The Labute approximate surface area is 199 Å². The molecule has 178 valence electrons. The molecule has 1 N–H and O–H groups in total. The minimum atomic E-state index is -0.314. The molecule has 0 aliphatic carbocycles. The first-order valence-electron chi connectivity index (χ1n) is 11.6. The Morgan fingerprint density at radius 3 is 2.41 bits per heavy atom. The van der Waals surface area contributed by atoms with E-state index < -0.39 is 0 Å². The Kier molecular flexibility index (Phi) is 7.07. The molecule has 0 saturated carbocycles. The van der Waals surface area contributed by atoms with Gasteiger partial charge in [-0.05, 0) is 61.7 Å². The third kappa shape index (κ3) is 5.02. The van der Waals surface area contributed by atoms with E-state index in [9.17, 15) is 14.0 Å². The van der Waals surface area contributed by atoms with Gasteiger partial charge in [0.2, 0.25) is 5.91 Å². The summed E-state index contributed by atoms with van der Waals surface area (Å²) in [6.07, 6.45) is 2.21. The number of rotatable bonds is 6. The highest BCUT2D eigenvalue weighted by Crippen LogP contribution is 2.20. The smallest absolute Gasteiger partial charge is 0.257 e. The van der Waals surface area contributed by atoms with E-state index in [-0.39, 0.29) is 24.2 Å². The molecule has 2 amide bonds. The summed E-state index contributed by atoms with van der Waals surface area (Å²) in [7, 11) is 0. The van der Waals surface area contributed by atoms with Crippen molar-refractivity contribution < 1.29 is 14.0 Å². The number of hydrogen-bond donors (Lipinski definition) is 1. The van der Waals surface area contributed by atoms with E-state index in [2.05, 4.69) is 15.3 Å². The van der Waals surface area contributed by atoms with Gasteiger partial charge in [-0.15, -0.1) is 0 Å². The van der Waals surface area contributed by atoms with Crippen molar-refractivity contribution in [2.24, 2.45) is 0 Å². The van der Waals surface area contributed by atoms with Crippen molar-refractivity contribution in [3.63, 3.8) is 0 Å². The number of carbonyl (C=O) groups is 2. The van der Waals surface area contributed by atoms with Crippen LogP contribution in [0.25, 0.3) is 5.69 Å². The number of nitrogens with one attached hydrogen (secondary N) is 1. The number of hydrogen-bond acceptors (Lipinski definition) is 4. The molecule has 2 heterocycles. The van der Waals surface area contributed by atoms with Crippen molar-refractivity contribution in [2.45, 2.75) is 27.2 Å². The van der Waals surface area contributed by atoms with Crippen LogP contribution >= 0.6 is 0 Å². The first kappa shape index (κ1) is 23.6. The van der Waals surface area contributed by atoms with E-state index in [1.165, 1.54) is 12.1 Å². The summed E-state index contributed by atoms with van der Waals surface area (Å²) in [6.45, 7) is 8.62. The molecule has 1 aromatic heterocycles. The van der Waals surface area contributed by atoms with Gasteiger partial charge in [-0.1, -0.05) is 19.1 Å². The highest BCUT2D eigenvalue weighted by Gasteiger charge is 2.26. The molecule has 8 heteroatoms. The van der Waals surface area contributed by atoms with Crippen molar-refractivity contribution in [2.75, 3.05) is 38.0 Å². The van der Waals surface area contributed by atoms with Gasteiger partial charge in [0.05, 0.1) is 29.7 Å². The fraction of sp³-hybridized carbons (Fsp3) is 0.346. The van der Waals surface area contributed by atoms with Gasteiger partial charge in [0.25, 0.3) is 5.91 Å². The number of piperazine rings is 1. The van der Waals surface area contributed by atoms with Gasteiger partial charge in [-0.25, -0.2) is 9.07 Å². The van der Waals surface area contributed by atoms with Gasteiger partial charge < -0.3 is 10.2 Å². The molecule has 2 aromatic carbocycles. The molecule has 1 saturated heterocycles. The lowest BCUT2D eigenvalue weighted by Crippen LogP contribution is -2.50. The number of carbonyl (C=O) groups excluding carboxylic acids is 2. The van der Waals surface area contributed by atoms with Crippen molar-refractivity contribution in [3.8, 4) is 5.69 Å². The van der Waals surface area contributed by atoms with Crippen molar-refractivity contribution >= 4 is 17.5 Å². The van der Waals surface area contributed by atoms with Crippen LogP contribution in [0.1, 0.15) is 34.1 Å². The summed E-state index contributed by atoms with van der Waals surface area (Å²) in [6, 6.07) is 11.9. The zero-order chi connectivity index (χ0) is 24.2. The molecular weight excluding hydrogens is 433 g/mol. The van der Waals surface area contributed by atoms with Gasteiger partial charge in [-0.2, -0.15) is 5.10 Å². The van der Waals surface area contributed by atoms with Gasteiger partial charge in [0, 0.05) is 31.9 Å². The number of aromatic nitrogens is 2. The van der Waals surface area contributed by atoms with Crippen LogP contribution in [0.5, 0.6) is 0 Å². The summed E-state index contributed by atoms with van der Waals surface area (Å²) in [5.41, 5.74) is 5.12. The van der Waals surface area contributed by atoms with E-state index in [0.717, 1.165) is 28.2 Å². The standard InChI is InChI=1S/C26H30FN5O2/c1-4-24-22(16-28-32(24)21-10-8-20(27)9-11-21)26(34)31-14-12-30(13-15-31)17-25(33)29-23-7-5-6-18(2)19(23)3/h5-11,16H,4,12-15,17H2,1-3H3,(H,29,33). The highest BCUT2D eigenvalue weighted by molar-refractivity contribution is 5.95. The second-order valence-corrected chi connectivity index (χ2v) is 8.61. The van der Waals surface area contributed by atoms with Gasteiger partial charge in [0.1, 0.15) is 5.82 Å². The first-order chi connectivity index (χ1) is 16.4. The van der Waals surface area contributed by atoms with Crippen LogP contribution < -0.4 is 5.32 Å². The van der Waals surface area contributed by atoms with Crippen molar-refractivity contribution in [1.29, 1.82) is 0 Å². The van der Waals surface area contributed by atoms with E-state index in [0.29, 0.717) is 38.2 Å². The molecule has 3 aromatic rings. The van der Waals surface area contributed by atoms with Crippen LogP contribution in [0, 0.1) is 19.7 Å². The lowest BCUT2D eigenvalue weighted by atomic mass is 10.1. The molecule has 0 spiro atoms. The Balaban J connectivity index is 1.36. The van der Waals surface area contributed by atoms with Crippen molar-refractivity contribution in [3.05, 3.63) is 76.9 Å². The number of nitrogens with zero attached hydrogens (tertiary/aromatic N) is 4. The highest BCUT2D eigenvalue weighted by atomic mass is 19.1. The molecule has 1 fully saturated rings. The zero-order valence-electron chi connectivity index (χ0n) is 19.8. The fourth-order valence-electron chi connectivity index (χ4n) is 4.26. The normalized spacial score (nSPS) is 14.3. The van der Waals surface area contributed by atoms with E-state index in [4.69, 9.17) is 0 Å². The molecule has 34 heavy (non-hydrogen) atoms. The Morgan fingerprint density at radius 1 is 1.03 bits per heavy atom. The van der Waals surface area contributed by atoms with Crippen LogP contribution in [-0.2, 0) is 11.2 Å². The van der Waals surface area contributed by atoms with Crippen LogP contribution in [0.15, 0.2) is 48.7 Å². The van der Waals surface area contributed by atoms with E-state index in [1.54, 1.807) is 23.0 Å². The second kappa shape index (κ2) is 10.2. The van der Waals surface area contributed by atoms with E-state index >= 15 is 0 Å². The van der Waals surface area contributed by atoms with Crippen LogP contribution in [0.2, 0.25) is 0 Å². The first-order valence-corrected chi connectivity index (χ1v) is 11.6. The topological polar surface area (TPSA) is 70.5 Å². The van der Waals surface area contributed by atoms with Gasteiger partial charge >= 0.3 is 0 Å². The summed E-state index contributed by atoms with van der Waals surface area (Å²) in [4.78, 5) is 29.7. The maximum atomic E-state index is 13.3. The fourth-order valence-corrected chi connectivity index (χ4v) is 4.26. The summed E-state index contributed by atoms with van der Waals surface area (Å²) in [5.74, 6) is -0.433. The third-order valence-electron chi connectivity index (χ3n) is 6.41. The maximum Gasteiger partial charge on any atom is 0.257 e. The molecule has 0 radical (unpaired) electrons. The average Bonchev–Trinajstić information content (AvgIpc) is 3.26. The van der Waals surface area contributed by atoms with Crippen molar-refractivity contribution in [1.82, 2.24) is 19.6 Å². The number of amides is 2. The second-order valence-electron chi connectivity index (χ2n) is 8.61. The van der Waals surface area contributed by atoms with E-state index in [1.807, 2.05) is 43.9 Å². The van der Waals surface area contributed by atoms with Crippen LogP contribution in [-0.4, -0.2) is 64.1 Å². The molecule has 0 unspecified atom stereocenters. The molecule has 7 nitrogen and oxygen atoms in total. The van der Waals surface area contributed by atoms with Crippen LogP contribution in [0.4, 0.5) is 10.1 Å². The molecule has 1 aliphatic heterocycles. The Morgan fingerprint density at radius 2 is 1.74 bits per heavy atom. The number of halogens is 1. The Hall–Kier alpha value is -3.52. The predicted molar refractivity (Wildman–Crippen MR) is 130 cm³/mol. The quantitative estimate of drug-likeness (QED) is 0.607. The van der Waals surface area contributed by atoms with Gasteiger partial charge in [-0.3, -0.25) is 14.5 Å². The summed E-state index contributed by atoms with van der Waals surface area (Å²) >= 11 is 0. The average molecular weight is 464 g/mol. The number of benzene rings is 2. The molecule has 1 aliphatic rings. The largest absolute Gasteiger partial charge is 0.336 e. The van der Waals surface area contributed by atoms with Crippen LogP contribution in [0.3, 0.4) is 0 Å². The number of anilines is 1.